The Labute approximate surface area is 136 Å². The fourth-order valence-electron chi connectivity index (χ4n) is 3.03. The van der Waals surface area contributed by atoms with Crippen LogP contribution in [-0.2, 0) is 29.7 Å². The molecule has 0 unspecified atom stereocenters. The summed E-state index contributed by atoms with van der Waals surface area (Å²) in [6.07, 6.45) is 0.547. The van der Waals surface area contributed by atoms with Crippen LogP contribution in [-0.4, -0.2) is 32.2 Å². The first-order valence-electron chi connectivity index (χ1n) is 7.93. The minimum Gasteiger partial charge on any atom is -0.480 e. The van der Waals surface area contributed by atoms with Crippen molar-refractivity contribution >= 4 is 5.97 Å². The van der Waals surface area contributed by atoms with Gasteiger partial charge in [-0.15, -0.1) is 0 Å². The van der Waals surface area contributed by atoms with Gasteiger partial charge in [-0.25, -0.2) is 0 Å². The number of rotatable bonds is 3. The highest BCUT2D eigenvalue weighted by atomic mass is 16.4. The molecule has 0 amide bonds. The molecule has 122 valence electrons. The second kappa shape index (κ2) is 5.81. The molecule has 1 aliphatic rings. The highest BCUT2D eigenvalue weighted by molar-refractivity contribution is 5.74. The summed E-state index contributed by atoms with van der Waals surface area (Å²) in [5, 5.41) is 17.0. The van der Waals surface area contributed by atoms with E-state index in [0.717, 1.165) is 17.0 Å². The topological polar surface area (TPSA) is 69.2 Å². The van der Waals surface area contributed by atoms with E-state index in [0.29, 0.717) is 19.5 Å². The number of carbonyl (C=O) groups is 1. The van der Waals surface area contributed by atoms with Crippen LogP contribution in [0.4, 0.5) is 0 Å². The zero-order valence-electron chi connectivity index (χ0n) is 13.8. The molecule has 5 nitrogen and oxygen atoms in total. The molecule has 3 rings (SSSR count). The van der Waals surface area contributed by atoms with E-state index in [2.05, 4.69) is 37.0 Å². The maximum atomic E-state index is 11.7. The number of aromatic amines is 1. The number of nitrogens with one attached hydrogen (secondary N) is 1. The lowest BCUT2D eigenvalue weighted by molar-refractivity contribution is -0.144. The number of fused-ring (bicyclic) bond motifs is 1. The summed E-state index contributed by atoms with van der Waals surface area (Å²) in [5.41, 5.74) is 4.28. The van der Waals surface area contributed by atoms with Crippen molar-refractivity contribution in [2.24, 2.45) is 0 Å². The molecule has 0 radical (unpaired) electrons. The van der Waals surface area contributed by atoms with Gasteiger partial charge in [0.1, 0.15) is 6.04 Å². The van der Waals surface area contributed by atoms with Gasteiger partial charge in [0.2, 0.25) is 0 Å². The molecule has 0 saturated carbocycles. The van der Waals surface area contributed by atoms with E-state index in [1.807, 2.05) is 29.2 Å². The molecular formula is C18H23N3O2. The van der Waals surface area contributed by atoms with Gasteiger partial charge in [0.05, 0.1) is 5.69 Å². The Hall–Kier alpha value is -2.14. The van der Waals surface area contributed by atoms with E-state index >= 15 is 0 Å². The monoisotopic (exact) mass is 313 g/mol. The van der Waals surface area contributed by atoms with Crippen molar-refractivity contribution in [3.05, 3.63) is 52.8 Å². The van der Waals surface area contributed by atoms with E-state index in [-0.39, 0.29) is 5.41 Å². The molecule has 1 aliphatic heterocycles. The number of carboxylic acids is 1. The van der Waals surface area contributed by atoms with Gasteiger partial charge in [-0.2, -0.15) is 5.10 Å². The predicted molar refractivity (Wildman–Crippen MR) is 88.1 cm³/mol. The Kier molecular flexibility index (Phi) is 3.98. The minimum atomic E-state index is -0.768. The molecule has 2 aromatic rings. The molecule has 0 saturated heterocycles. The third-order valence-corrected chi connectivity index (χ3v) is 4.40. The summed E-state index contributed by atoms with van der Waals surface area (Å²) in [4.78, 5) is 13.7. The quantitative estimate of drug-likeness (QED) is 0.914. The maximum absolute atomic E-state index is 11.7. The van der Waals surface area contributed by atoms with Crippen LogP contribution in [0.3, 0.4) is 0 Å². The summed E-state index contributed by atoms with van der Waals surface area (Å²) in [6, 6.07) is 9.62. The average Bonchev–Trinajstić information content (AvgIpc) is 2.95. The van der Waals surface area contributed by atoms with Gasteiger partial charge < -0.3 is 5.11 Å². The molecule has 1 aromatic carbocycles. The second-order valence-corrected chi connectivity index (χ2v) is 7.26. The normalized spacial score (nSPS) is 18.7. The van der Waals surface area contributed by atoms with E-state index < -0.39 is 12.0 Å². The zero-order valence-corrected chi connectivity index (χ0v) is 13.8. The summed E-state index contributed by atoms with van der Waals surface area (Å²) in [7, 11) is 0. The van der Waals surface area contributed by atoms with Gasteiger partial charge in [-0.3, -0.25) is 14.8 Å². The highest BCUT2D eigenvalue weighted by Gasteiger charge is 2.31. The Bertz CT molecular complexity index is 715. The average molecular weight is 313 g/mol. The van der Waals surface area contributed by atoms with E-state index in [9.17, 15) is 9.90 Å². The van der Waals surface area contributed by atoms with E-state index in [1.165, 1.54) is 5.56 Å². The van der Waals surface area contributed by atoms with Crippen LogP contribution in [0.25, 0.3) is 0 Å². The van der Waals surface area contributed by atoms with Crippen molar-refractivity contribution in [2.45, 2.75) is 51.7 Å². The van der Waals surface area contributed by atoms with Crippen molar-refractivity contribution in [3.8, 4) is 0 Å². The molecule has 23 heavy (non-hydrogen) atoms. The predicted octanol–water partition coefficient (Wildman–Crippen LogP) is 2.72. The number of hydrogen-bond acceptors (Lipinski definition) is 3. The van der Waals surface area contributed by atoms with E-state index in [4.69, 9.17) is 0 Å². The number of aromatic nitrogens is 2. The summed E-state index contributed by atoms with van der Waals surface area (Å²) < 4.78 is 0. The van der Waals surface area contributed by atoms with E-state index in [1.54, 1.807) is 0 Å². The largest absolute Gasteiger partial charge is 0.480 e. The number of carboxylic acid groups (broad SMARTS) is 1. The molecule has 0 fully saturated rings. The molecule has 1 atom stereocenters. The molecular weight excluding hydrogens is 290 g/mol. The van der Waals surface area contributed by atoms with Crippen molar-refractivity contribution in [2.75, 3.05) is 0 Å². The molecule has 2 heterocycles. The minimum absolute atomic E-state index is 0.0184. The summed E-state index contributed by atoms with van der Waals surface area (Å²) in [6.45, 7) is 7.56. The first-order chi connectivity index (χ1) is 10.8. The standard InChI is InChI=1S/C18H23N3O2/c1-18(2,3)16-9-14(19-20-16)11-21-10-13-7-5-4-6-12(13)8-15(21)17(22)23/h4-7,9,15H,8,10-11H2,1-3H3,(H,19,20)(H,22,23)/t15-/m0/s1. The Morgan fingerprint density at radius 1 is 1.35 bits per heavy atom. The van der Waals surface area contributed by atoms with Crippen LogP contribution in [0.1, 0.15) is 43.3 Å². The number of hydrogen-bond donors (Lipinski definition) is 2. The second-order valence-electron chi connectivity index (χ2n) is 7.26. The number of nitrogens with zero attached hydrogens (tertiary/aromatic N) is 2. The fraction of sp³-hybridized carbons (Fsp3) is 0.444. The van der Waals surface area contributed by atoms with Crippen molar-refractivity contribution < 1.29 is 9.90 Å². The Balaban J connectivity index is 1.83. The third-order valence-electron chi connectivity index (χ3n) is 4.40. The Morgan fingerprint density at radius 3 is 2.65 bits per heavy atom. The lowest BCUT2D eigenvalue weighted by atomic mass is 9.92. The van der Waals surface area contributed by atoms with Gasteiger partial charge >= 0.3 is 5.97 Å². The smallest absolute Gasteiger partial charge is 0.321 e. The van der Waals surface area contributed by atoms with Crippen molar-refractivity contribution in [3.63, 3.8) is 0 Å². The lowest BCUT2D eigenvalue weighted by Gasteiger charge is -2.34. The van der Waals surface area contributed by atoms with Crippen LogP contribution in [0.2, 0.25) is 0 Å². The van der Waals surface area contributed by atoms with Crippen molar-refractivity contribution in [1.29, 1.82) is 0 Å². The Morgan fingerprint density at radius 2 is 2.04 bits per heavy atom. The highest BCUT2D eigenvalue weighted by Crippen LogP contribution is 2.26. The molecule has 0 bridgehead atoms. The van der Waals surface area contributed by atoms with Crippen LogP contribution < -0.4 is 0 Å². The molecule has 0 aliphatic carbocycles. The first-order valence-corrected chi connectivity index (χ1v) is 7.93. The van der Waals surface area contributed by atoms with Gasteiger partial charge in [-0.05, 0) is 23.6 Å². The van der Waals surface area contributed by atoms with Gasteiger partial charge in [-0.1, -0.05) is 45.0 Å². The lowest BCUT2D eigenvalue weighted by Crippen LogP contribution is -2.45. The number of aliphatic carboxylic acids is 1. The van der Waals surface area contributed by atoms with Gasteiger partial charge in [0.25, 0.3) is 0 Å². The van der Waals surface area contributed by atoms with Crippen LogP contribution in [0.5, 0.6) is 0 Å². The van der Waals surface area contributed by atoms with Gasteiger partial charge in [0, 0.05) is 24.2 Å². The zero-order chi connectivity index (χ0) is 16.6. The van der Waals surface area contributed by atoms with Crippen LogP contribution in [0.15, 0.2) is 30.3 Å². The van der Waals surface area contributed by atoms with Gasteiger partial charge in [0.15, 0.2) is 0 Å². The third kappa shape index (κ3) is 3.29. The van der Waals surface area contributed by atoms with Crippen LogP contribution in [0, 0.1) is 0 Å². The summed E-state index contributed by atoms with van der Waals surface area (Å²) >= 11 is 0. The summed E-state index contributed by atoms with van der Waals surface area (Å²) in [5.74, 6) is -0.768. The number of benzene rings is 1. The fourth-order valence-corrected chi connectivity index (χ4v) is 3.03. The van der Waals surface area contributed by atoms with Crippen LogP contribution >= 0.6 is 0 Å². The van der Waals surface area contributed by atoms with Crippen molar-refractivity contribution in [1.82, 2.24) is 15.1 Å². The number of H-pyrrole nitrogens is 1. The first kappa shape index (κ1) is 15.7. The molecule has 5 heteroatoms. The molecule has 0 spiro atoms. The molecule has 2 N–H and O–H groups in total. The SMILES string of the molecule is CC(C)(C)c1cc(CN2Cc3ccccc3C[C@H]2C(=O)O)[nH]n1. The maximum Gasteiger partial charge on any atom is 0.321 e. The molecule has 1 aromatic heterocycles.